The first-order valence-corrected chi connectivity index (χ1v) is 5.31. The molecule has 2 heteroatoms. The number of hydrogen-bond donors (Lipinski definition) is 0. The average molecular weight is 211 g/mol. The second-order valence-corrected chi connectivity index (χ2v) is 4.11. The Morgan fingerprint density at radius 2 is 1.88 bits per heavy atom. The molecule has 2 nitrogen and oxygen atoms in total. The molecular formula is C14H15N2. The summed E-state index contributed by atoms with van der Waals surface area (Å²) in [4.78, 5) is 6.23. The molecule has 0 saturated heterocycles. The van der Waals surface area contributed by atoms with E-state index < -0.39 is 0 Å². The highest BCUT2D eigenvalue weighted by atomic mass is 15.0. The first-order valence-electron chi connectivity index (χ1n) is 5.31. The highest BCUT2D eigenvalue weighted by molar-refractivity contribution is 5.62. The van der Waals surface area contributed by atoms with Crippen LogP contribution in [-0.4, -0.2) is 24.0 Å². The lowest BCUT2D eigenvalue weighted by Crippen LogP contribution is -2.10. The van der Waals surface area contributed by atoms with Gasteiger partial charge in [-0.3, -0.25) is 4.98 Å². The van der Waals surface area contributed by atoms with E-state index in [4.69, 9.17) is 0 Å². The molecule has 1 aromatic carbocycles. The minimum atomic E-state index is 0.972. The van der Waals surface area contributed by atoms with Crippen molar-refractivity contribution in [3.63, 3.8) is 0 Å². The first kappa shape index (κ1) is 10.8. The molecule has 0 unspecified atom stereocenters. The van der Waals surface area contributed by atoms with Gasteiger partial charge in [0, 0.05) is 30.6 Å². The number of aromatic nitrogens is 1. The minimum absolute atomic E-state index is 0.972. The highest BCUT2D eigenvalue weighted by Gasteiger charge is 1.98. The summed E-state index contributed by atoms with van der Waals surface area (Å²) in [6.45, 7) is 0.972. The number of benzene rings is 1. The number of pyridine rings is 1. The molecule has 0 atom stereocenters. The van der Waals surface area contributed by atoms with E-state index in [1.807, 2.05) is 12.3 Å². The van der Waals surface area contributed by atoms with Crippen molar-refractivity contribution in [3.05, 3.63) is 54.4 Å². The Morgan fingerprint density at radius 1 is 1.12 bits per heavy atom. The van der Waals surface area contributed by atoms with Gasteiger partial charge in [0.25, 0.3) is 0 Å². The van der Waals surface area contributed by atoms with E-state index in [1.165, 1.54) is 11.1 Å². The lowest BCUT2D eigenvalue weighted by molar-refractivity contribution is 0.402. The number of nitrogens with zero attached hydrogens (tertiary/aromatic N) is 2. The predicted octanol–water partition coefficient (Wildman–Crippen LogP) is 2.61. The van der Waals surface area contributed by atoms with E-state index in [-0.39, 0.29) is 0 Å². The third-order valence-corrected chi connectivity index (χ3v) is 2.39. The Kier molecular flexibility index (Phi) is 3.32. The summed E-state index contributed by atoms with van der Waals surface area (Å²) in [6.07, 6.45) is 3.53. The van der Waals surface area contributed by atoms with Crippen LogP contribution in [0.5, 0.6) is 0 Å². The highest BCUT2D eigenvalue weighted by Crippen LogP contribution is 2.18. The maximum absolute atomic E-state index is 4.07. The molecule has 1 heterocycles. The predicted molar refractivity (Wildman–Crippen MR) is 65.9 cm³/mol. The molecule has 0 bridgehead atoms. The molecule has 0 amide bonds. The summed E-state index contributed by atoms with van der Waals surface area (Å²) in [7, 11) is 4.15. The van der Waals surface area contributed by atoms with Gasteiger partial charge in [-0.05, 0) is 31.3 Å². The quantitative estimate of drug-likeness (QED) is 0.775. The fourth-order valence-electron chi connectivity index (χ4n) is 1.65. The zero-order valence-electron chi connectivity index (χ0n) is 9.64. The van der Waals surface area contributed by atoms with Crippen molar-refractivity contribution < 1.29 is 0 Å². The molecule has 0 N–H and O–H groups in total. The Labute approximate surface area is 96.6 Å². The summed E-state index contributed by atoms with van der Waals surface area (Å²) < 4.78 is 0. The molecule has 1 aromatic heterocycles. The SMILES string of the molecule is CN(C)Cc1ccc(-c2c[c]cnc2)cc1. The Morgan fingerprint density at radius 3 is 2.44 bits per heavy atom. The fourth-order valence-corrected chi connectivity index (χ4v) is 1.65. The van der Waals surface area contributed by atoms with Crippen molar-refractivity contribution in [2.24, 2.45) is 0 Å². The van der Waals surface area contributed by atoms with Gasteiger partial charge in [0.1, 0.15) is 0 Å². The Balaban J connectivity index is 2.20. The molecular weight excluding hydrogens is 196 g/mol. The maximum atomic E-state index is 4.07. The van der Waals surface area contributed by atoms with Crippen LogP contribution in [0.1, 0.15) is 5.56 Å². The lowest BCUT2D eigenvalue weighted by atomic mass is 10.1. The van der Waals surface area contributed by atoms with Crippen LogP contribution in [0.15, 0.2) is 42.7 Å². The lowest BCUT2D eigenvalue weighted by Gasteiger charge is -2.09. The van der Waals surface area contributed by atoms with Crippen molar-refractivity contribution in [3.8, 4) is 11.1 Å². The molecule has 2 aromatic rings. The summed E-state index contributed by atoms with van der Waals surface area (Å²) in [5, 5.41) is 0. The van der Waals surface area contributed by atoms with Crippen LogP contribution in [0, 0.1) is 6.07 Å². The van der Waals surface area contributed by atoms with Crippen LogP contribution < -0.4 is 0 Å². The second-order valence-electron chi connectivity index (χ2n) is 4.11. The number of rotatable bonds is 3. The van der Waals surface area contributed by atoms with Crippen LogP contribution in [0.2, 0.25) is 0 Å². The maximum Gasteiger partial charge on any atom is 0.0347 e. The van der Waals surface area contributed by atoms with Crippen LogP contribution in [-0.2, 0) is 6.54 Å². The molecule has 1 radical (unpaired) electrons. The number of hydrogen-bond acceptors (Lipinski definition) is 2. The van der Waals surface area contributed by atoms with Gasteiger partial charge in [0.15, 0.2) is 0 Å². The van der Waals surface area contributed by atoms with Crippen LogP contribution in [0.3, 0.4) is 0 Å². The fraction of sp³-hybridized carbons (Fsp3) is 0.214. The van der Waals surface area contributed by atoms with Gasteiger partial charge < -0.3 is 4.90 Å². The summed E-state index contributed by atoms with van der Waals surface area (Å²) in [5.41, 5.74) is 3.62. The standard InChI is InChI=1S/C14H15N2/c1-16(2)11-12-5-7-13(8-6-12)14-4-3-9-15-10-14/h4-10H,11H2,1-2H3. The topological polar surface area (TPSA) is 16.1 Å². The van der Waals surface area contributed by atoms with Crippen molar-refractivity contribution in [2.75, 3.05) is 14.1 Å². The molecule has 0 spiro atoms. The molecule has 81 valence electrons. The van der Waals surface area contributed by atoms with E-state index in [0.717, 1.165) is 12.1 Å². The molecule has 2 rings (SSSR count). The van der Waals surface area contributed by atoms with Gasteiger partial charge in [-0.25, -0.2) is 0 Å². The largest absolute Gasteiger partial charge is 0.305 e. The van der Waals surface area contributed by atoms with Crippen molar-refractivity contribution >= 4 is 0 Å². The summed E-state index contributed by atoms with van der Waals surface area (Å²) >= 11 is 0. The van der Waals surface area contributed by atoms with E-state index in [2.05, 4.69) is 54.3 Å². The van der Waals surface area contributed by atoms with Gasteiger partial charge in [-0.1, -0.05) is 24.3 Å². The van der Waals surface area contributed by atoms with E-state index >= 15 is 0 Å². The van der Waals surface area contributed by atoms with Gasteiger partial charge in [0.05, 0.1) is 0 Å². The Hall–Kier alpha value is -1.67. The van der Waals surface area contributed by atoms with Gasteiger partial charge >= 0.3 is 0 Å². The van der Waals surface area contributed by atoms with Crippen LogP contribution in [0.25, 0.3) is 11.1 Å². The monoisotopic (exact) mass is 211 g/mol. The third kappa shape index (κ3) is 2.67. The van der Waals surface area contributed by atoms with Crippen molar-refractivity contribution in [1.82, 2.24) is 9.88 Å². The second kappa shape index (κ2) is 4.90. The van der Waals surface area contributed by atoms with Crippen LogP contribution in [0.4, 0.5) is 0 Å². The summed E-state index contributed by atoms with van der Waals surface area (Å²) in [6, 6.07) is 13.5. The van der Waals surface area contributed by atoms with E-state index in [0.29, 0.717) is 0 Å². The summed E-state index contributed by atoms with van der Waals surface area (Å²) in [5.74, 6) is 0. The molecule has 0 saturated carbocycles. The smallest absolute Gasteiger partial charge is 0.0347 e. The molecule has 0 aliphatic carbocycles. The minimum Gasteiger partial charge on any atom is -0.305 e. The van der Waals surface area contributed by atoms with Gasteiger partial charge in [-0.2, -0.15) is 0 Å². The Bertz CT molecular complexity index is 432. The zero-order chi connectivity index (χ0) is 11.4. The van der Waals surface area contributed by atoms with E-state index in [1.54, 1.807) is 6.20 Å². The first-order chi connectivity index (χ1) is 7.75. The van der Waals surface area contributed by atoms with Gasteiger partial charge in [0.2, 0.25) is 0 Å². The van der Waals surface area contributed by atoms with E-state index in [9.17, 15) is 0 Å². The molecule has 0 aliphatic rings. The zero-order valence-corrected chi connectivity index (χ0v) is 9.64. The van der Waals surface area contributed by atoms with Crippen molar-refractivity contribution in [2.45, 2.75) is 6.54 Å². The normalized spacial score (nSPS) is 10.7. The molecule has 0 aliphatic heterocycles. The van der Waals surface area contributed by atoms with Crippen molar-refractivity contribution in [1.29, 1.82) is 0 Å². The average Bonchev–Trinajstić information content (AvgIpc) is 2.30. The van der Waals surface area contributed by atoms with Gasteiger partial charge in [-0.15, -0.1) is 0 Å². The molecule has 0 fully saturated rings. The molecule has 16 heavy (non-hydrogen) atoms. The van der Waals surface area contributed by atoms with Crippen LogP contribution >= 0.6 is 0 Å². The third-order valence-electron chi connectivity index (χ3n) is 2.39.